The van der Waals surface area contributed by atoms with E-state index in [-0.39, 0.29) is 22.8 Å². The Kier molecular flexibility index (Phi) is 7.55. The lowest BCUT2D eigenvalue weighted by Crippen LogP contribution is -2.25. The third-order valence-corrected chi connectivity index (χ3v) is 4.90. The van der Waals surface area contributed by atoms with Gasteiger partial charge in [0.1, 0.15) is 17.6 Å². The van der Waals surface area contributed by atoms with Crippen LogP contribution in [0, 0.1) is 16.9 Å². The molecule has 0 fully saturated rings. The summed E-state index contributed by atoms with van der Waals surface area (Å²) in [7, 11) is 0. The van der Waals surface area contributed by atoms with Gasteiger partial charge in [-0.15, -0.1) is 0 Å². The number of benzene rings is 3. The van der Waals surface area contributed by atoms with Gasteiger partial charge in [-0.05, 0) is 66.6 Å². The van der Waals surface area contributed by atoms with Crippen molar-refractivity contribution in [3.05, 3.63) is 94.0 Å². The summed E-state index contributed by atoms with van der Waals surface area (Å²) in [6.45, 7) is 0.469. The fourth-order valence-corrected chi connectivity index (χ4v) is 3.09. The van der Waals surface area contributed by atoms with Crippen LogP contribution in [0.3, 0.4) is 0 Å². The molecule has 0 bridgehead atoms. The van der Waals surface area contributed by atoms with Gasteiger partial charge in [-0.1, -0.05) is 23.7 Å². The number of carbonyl (C=O) groups is 2. The first-order valence-electron chi connectivity index (χ1n) is 9.74. The summed E-state index contributed by atoms with van der Waals surface area (Å²) in [5.41, 5.74) is 8.22. The molecule has 0 unspecified atom stereocenters. The van der Waals surface area contributed by atoms with Crippen molar-refractivity contribution >= 4 is 29.2 Å². The van der Waals surface area contributed by atoms with E-state index in [0.29, 0.717) is 29.3 Å². The molecule has 0 aromatic heterocycles. The number of carboxylic acid groups (broad SMARTS) is 1. The predicted octanol–water partition coefficient (Wildman–Crippen LogP) is 4.09. The Labute approximate surface area is 194 Å². The zero-order valence-electron chi connectivity index (χ0n) is 17.2. The van der Waals surface area contributed by atoms with Crippen LogP contribution in [0.5, 0.6) is 11.5 Å². The molecule has 0 saturated heterocycles. The second-order valence-electron chi connectivity index (χ2n) is 6.85. The number of ether oxygens (including phenoxy) is 1. The second-order valence-corrected chi connectivity index (χ2v) is 7.28. The molecule has 3 aromatic carbocycles. The predicted molar refractivity (Wildman–Crippen MR) is 120 cm³/mol. The highest BCUT2D eigenvalue weighted by Gasteiger charge is 2.25. The van der Waals surface area contributed by atoms with Crippen LogP contribution in [0.25, 0.3) is 0 Å². The molecule has 0 aliphatic rings. The largest absolute Gasteiger partial charge is 0.472 e. The maximum Gasteiger partial charge on any atom is 0.455 e. The maximum absolute atomic E-state index is 12.4. The molecule has 3 aromatic rings. The summed E-state index contributed by atoms with van der Waals surface area (Å²) >= 11 is 5.86. The van der Waals surface area contributed by atoms with E-state index in [9.17, 15) is 14.9 Å². The Morgan fingerprint density at radius 1 is 1.06 bits per heavy atom. The third kappa shape index (κ3) is 6.05. The average molecular weight is 462 g/mol. The highest BCUT2D eigenvalue weighted by molar-refractivity contribution is 6.40. The minimum absolute atomic E-state index is 0.0823. The number of hydrogen-bond acceptors (Lipinski definition) is 5. The normalized spacial score (nSPS) is 9.94. The average Bonchev–Trinajstić information content (AvgIpc) is 2.81. The van der Waals surface area contributed by atoms with E-state index in [4.69, 9.17) is 27.0 Å². The molecular formula is C24H18ClN4O4+. The van der Waals surface area contributed by atoms with Crippen LogP contribution in [0.1, 0.15) is 27.0 Å². The number of aliphatic carboxylic acids is 1. The number of rotatable bonds is 8. The molecule has 0 aliphatic heterocycles. The first kappa shape index (κ1) is 23.2. The number of nitrogens with one attached hydrogen (secondary N) is 2. The lowest BCUT2D eigenvalue weighted by atomic mass is 10.1. The van der Waals surface area contributed by atoms with Crippen LogP contribution in [0.15, 0.2) is 66.7 Å². The minimum atomic E-state index is -1.37. The van der Waals surface area contributed by atoms with Gasteiger partial charge < -0.3 is 15.2 Å². The van der Waals surface area contributed by atoms with Crippen LogP contribution in [-0.4, -0.2) is 34.0 Å². The maximum atomic E-state index is 12.4. The molecule has 3 N–H and O–H groups in total. The molecule has 33 heavy (non-hydrogen) atoms. The van der Waals surface area contributed by atoms with Gasteiger partial charge in [-0.3, -0.25) is 4.79 Å². The van der Waals surface area contributed by atoms with Gasteiger partial charge >= 0.3 is 11.7 Å². The van der Waals surface area contributed by atoms with E-state index in [1.807, 2.05) is 18.2 Å². The lowest BCUT2D eigenvalue weighted by molar-refractivity contribution is -0.147. The third-order valence-electron chi connectivity index (χ3n) is 4.64. The van der Waals surface area contributed by atoms with Gasteiger partial charge in [-0.25, -0.2) is 4.79 Å². The van der Waals surface area contributed by atoms with Gasteiger partial charge in [0.05, 0.1) is 21.4 Å². The second kappa shape index (κ2) is 10.7. The van der Waals surface area contributed by atoms with Gasteiger partial charge in [0, 0.05) is 17.1 Å². The molecular weight excluding hydrogens is 444 g/mol. The van der Waals surface area contributed by atoms with Crippen molar-refractivity contribution in [2.75, 3.05) is 6.54 Å². The molecule has 1 amide bonds. The van der Waals surface area contributed by atoms with Gasteiger partial charge in [0.25, 0.3) is 5.91 Å². The monoisotopic (exact) mass is 461 g/mol. The summed E-state index contributed by atoms with van der Waals surface area (Å²) in [4.78, 5) is 26.5. The van der Waals surface area contributed by atoms with Crippen molar-refractivity contribution in [2.24, 2.45) is 0 Å². The van der Waals surface area contributed by atoms with Crippen molar-refractivity contribution < 1.29 is 24.2 Å². The van der Waals surface area contributed by atoms with Crippen molar-refractivity contribution in [1.29, 1.82) is 10.8 Å². The number of nitriles is 1. The van der Waals surface area contributed by atoms with E-state index < -0.39 is 11.7 Å². The van der Waals surface area contributed by atoms with Crippen LogP contribution in [0.2, 0.25) is 5.02 Å². The zero-order chi connectivity index (χ0) is 23.8. The van der Waals surface area contributed by atoms with E-state index in [2.05, 4.69) is 10.1 Å². The Balaban J connectivity index is 1.63. The number of amides is 1. The first-order valence-corrected chi connectivity index (χ1v) is 10.1. The van der Waals surface area contributed by atoms with E-state index in [1.54, 1.807) is 36.4 Å². The molecule has 0 radical (unpaired) electrons. The Bertz CT molecular complexity index is 1280. The first-order chi connectivity index (χ1) is 15.9. The minimum Gasteiger partial charge on any atom is -0.472 e. The molecule has 8 nitrogen and oxygen atoms in total. The van der Waals surface area contributed by atoms with Crippen molar-refractivity contribution in [3.63, 3.8) is 0 Å². The molecule has 3 rings (SSSR count). The fraction of sp³-hybridized carbons (Fsp3) is 0.0833. The molecule has 0 heterocycles. The Morgan fingerprint density at radius 3 is 2.33 bits per heavy atom. The molecule has 164 valence electrons. The van der Waals surface area contributed by atoms with Crippen LogP contribution in [0.4, 0.5) is 0 Å². The summed E-state index contributed by atoms with van der Waals surface area (Å²) in [5, 5.41) is 22.0. The smallest absolute Gasteiger partial charge is 0.455 e. The molecule has 9 heteroatoms. The van der Waals surface area contributed by atoms with E-state index >= 15 is 0 Å². The summed E-state index contributed by atoms with van der Waals surface area (Å²) < 4.78 is 5.71. The van der Waals surface area contributed by atoms with Gasteiger partial charge in [0.15, 0.2) is 0 Å². The topological polar surface area (TPSA) is 137 Å². The standard InChI is InChI=1S/C24H17ClN4O4/c25-19-6-1-15(2-7-19)11-12-28-23(30)16-3-8-20(9-4-16)33-21-10-5-17(13-18(21)14-26)22(29-27)24(31)32/h1-10,13,27H,11-12H2,(H-,28,30,31,32)/p+1. The lowest BCUT2D eigenvalue weighted by Gasteiger charge is -2.09. The van der Waals surface area contributed by atoms with Crippen LogP contribution in [-0.2, 0) is 11.2 Å². The van der Waals surface area contributed by atoms with Crippen LogP contribution < -0.4 is 10.1 Å². The van der Waals surface area contributed by atoms with Crippen molar-refractivity contribution in [1.82, 2.24) is 5.32 Å². The highest BCUT2D eigenvalue weighted by Crippen LogP contribution is 2.26. The Morgan fingerprint density at radius 2 is 1.73 bits per heavy atom. The number of carbonyl (C=O) groups excluding carboxylic acids is 1. The number of halogens is 1. The molecule has 0 spiro atoms. The fourth-order valence-electron chi connectivity index (χ4n) is 2.96. The van der Waals surface area contributed by atoms with Crippen molar-refractivity contribution in [2.45, 2.75) is 6.42 Å². The molecule has 0 saturated carbocycles. The number of nitrogens with zero attached hydrogens (tertiary/aromatic N) is 2. The zero-order valence-corrected chi connectivity index (χ0v) is 18.0. The number of hydrogen-bond donors (Lipinski definition) is 3. The molecule has 0 atom stereocenters. The summed E-state index contributed by atoms with van der Waals surface area (Å²) in [5.74, 6) is -1.00. The van der Waals surface area contributed by atoms with E-state index in [1.165, 1.54) is 18.2 Å². The number of carboxylic acids is 1. The SMILES string of the molecule is N#Cc1cc(C(=[N+]=N)C(=O)O)ccc1Oc1ccc(C(=O)NCCc2ccc(Cl)cc2)cc1. The summed E-state index contributed by atoms with van der Waals surface area (Å²) in [6.07, 6.45) is 0.672. The molecule has 0 aliphatic carbocycles. The van der Waals surface area contributed by atoms with Gasteiger partial charge in [-0.2, -0.15) is 5.26 Å². The van der Waals surface area contributed by atoms with Gasteiger partial charge in [0.2, 0.25) is 0 Å². The van der Waals surface area contributed by atoms with E-state index in [0.717, 1.165) is 5.56 Å². The Hall–Kier alpha value is -4.44. The van der Waals surface area contributed by atoms with Crippen molar-refractivity contribution in [3.8, 4) is 17.6 Å². The quantitative estimate of drug-likeness (QED) is 0.263. The van der Waals surface area contributed by atoms with Crippen LogP contribution >= 0.6 is 11.6 Å². The highest BCUT2D eigenvalue weighted by atomic mass is 35.5. The summed E-state index contributed by atoms with van der Waals surface area (Å²) in [6, 6.07) is 19.9.